The number of rotatable bonds is 3. The van der Waals surface area contributed by atoms with E-state index >= 15 is 0 Å². The summed E-state index contributed by atoms with van der Waals surface area (Å²) in [5, 5.41) is 0.548. The minimum Gasteiger partial charge on any atom is -0.461 e. The van der Waals surface area contributed by atoms with Gasteiger partial charge >= 0.3 is 5.97 Å². The fourth-order valence-corrected chi connectivity index (χ4v) is 2.25. The molecule has 0 saturated heterocycles. The summed E-state index contributed by atoms with van der Waals surface area (Å²) in [6.07, 6.45) is 0. The number of carbonyl (C=O) groups excluding carboxylic acids is 1. The highest BCUT2D eigenvalue weighted by Gasteiger charge is 2.18. The van der Waals surface area contributed by atoms with E-state index in [1.165, 1.54) is 0 Å². The number of imidazole rings is 1. The van der Waals surface area contributed by atoms with Crippen molar-refractivity contribution in [2.75, 3.05) is 6.61 Å². The Morgan fingerprint density at radius 1 is 1.53 bits per heavy atom. The van der Waals surface area contributed by atoms with Gasteiger partial charge in [0.2, 0.25) is 0 Å². The van der Waals surface area contributed by atoms with E-state index in [9.17, 15) is 4.79 Å². The van der Waals surface area contributed by atoms with Gasteiger partial charge in [0.15, 0.2) is 5.69 Å². The van der Waals surface area contributed by atoms with Crippen LogP contribution < -0.4 is 0 Å². The SMILES string of the molecule is CCOC(=O)c1nc(-c2cccc(Br)c2Cl)[nH]c1C. The molecule has 1 heterocycles. The predicted octanol–water partition coefficient (Wildman–Crippen LogP) is 3.98. The van der Waals surface area contributed by atoms with Gasteiger partial charge in [-0.25, -0.2) is 9.78 Å². The Morgan fingerprint density at radius 3 is 2.95 bits per heavy atom. The van der Waals surface area contributed by atoms with Crippen molar-refractivity contribution in [3.63, 3.8) is 0 Å². The van der Waals surface area contributed by atoms with Crippen LogP contribution in [-0.4, -0.2) is 22.5 Å². The van der Waals surface area contributed by atoms with Crippen LogP contribution in [0.5, 0.6) is 0 Å². The number of ether oxygens (including phenoxy) is 1. The molecule has 0 atom stereocenters. The molecule has 2 rings (SSSR count). The molecule has 100 valence electrons. The highest BCUT2D eigenvalue weighted by Crippen LogP contribution is 2.32. The molecule has 0 aliphatic carbocycles. The second-order valence-corrected chi connectivity index (χ2v) is 5.11. The van der Waals surface area contributed by atoms with Crippen molar-refractivity contribution >= 4 is 33.5 Å². The molecule has 0 spiro atoms. The van der Waals surface area contributed by atoms with Gasteiger partial charge in [0, 0.05) is 15.7 Å². The Morgan fingerprint density at radius 2 is 2.26 bits per heavy atom. The van der Waals surface area contributed by atoms with Crippen LogP contribution in [0.1, 0.15) is 23.1 Å². The van der Waals surface area contributed by atoms with E-state index in [1.54, 1.807) is 13.8 Å². The number of hydrogen-bond donors (Lipinski definition) is 1. The molecule has 0 aliphatic rings. The number of benzene rings is 1. The molecule has 0 bridgehead atoms. The summed E-state index contributed by atoms with van der Waals surface area (Å²) < 4.78 is 5.72. The van der Waals surface area contributed by atoms with E-state index in [0.29, 0.717) is 23.1 Å². The first-order valence-corrected chi connectivity index (χ1v) is 6.89. The maximum absolute atomic E-state index is 11.7. The smallest absolute Gasteiger partial charge is 0.358 e. The predicted molar refractivity (Wildman–Crippen MR) is 77.4 cm³/mol. The number of halogens is 2. The average molecular weight is 344 g/mol. The van der Waals surface area contributed by atoms with Crippen molar-refractivity contribution < 1.29 is 9.53 Å². The zero-order valence-corrected chi connectivity index (χ0v) is 12.8. The highest BCUT2D eigenvalue weighted by molar-refractivity contribution is 9.10. The molecule has 0 aliphatic heterocycles. The minimum atomic E-state index is -0.436. The number of H-pyrrole nitrogens is 1. The number of carbonyl (C=O) groups is 1. The van der Waals surface area contributed by atoms with Crippen LogP contribution in [0.2, 0.25) is 5.02 Å². The normalized spacial score (nSPS) is 10.5. The van der Waals surface area contributed by atoms with Crippen molar-refractivity contribution in [1.82, 2.24) is 9.97 Å². The first kappa shape index (κ1) is 14.1. The van der Waals surface area contributed by atoms with Gasteiger partial charge in [0.1, 0.15) is 5.82 Å². The molecule has 0 fully saturated rings. The molecule has 19 heavy (non-hydrogen) atoms. The number of nitrogens with one attached hydrogen (secondary N) is 1. The van der Waals surface area contributed by atoms with E-state index in [2.05, 4.69) is 25.9 Å². The van der Waals surface area contributed by atoms with E-state index in [-0.39, 0.29) is 5.69 Å². The Balaban J connectivity index is 2.45. The lowest BCUT2D eigenvalue weighted by molar-refractivity contribution is 0.0519. The summed E-state index contributed by atoms with van der Waals surface area (Å²) >= 11 is 9.56. The lowest BCUT2D eigenvalue weighted by Crippen LogP contribution is -2.06. The molecule has 0 saturated carbocycles. The van der Waals surface area contributed by atoms with Gasteiger partial charge in [-0.05, 0) is 41.9 Å². The summed E-state index contributed by atoms with van der Waals surface area (Å²) in [4.78, 5) is 19.0. The van der Waals surface area contributed by atoms with Gasteiger partial charge in [-0.1, -0.05) is 17.7 Å². The molecule has 1 N–H and O–H groups in total. The summed E-state index contributed by atoms with van der Waals surface area (Å²) in [5.41, 5.74) is 1.67. The topological polar surface area (TPSA) is 55.0 Å². The van der Waals surface area contributed by atoms with Crippen LogP contribution in [0.15, 0.2) is 22.7 Å². The van der Waals surface area contributed by atoms with E-state index in [0.717, 1.165) is 10.0 Å². The van der Waals surface area contributed by atoms with Gasteiger partial charge in [0.05, 0.1) is 11.6 Å². The third-order valence-electron chi connectivity index (χ3n) is 2.56. The Hall–Kier alpha value is -1.33. The van der Waals surface area contributed by atoms with Crippen molar-refractivity contribution in [2.45, 2.75) is 13.8 Å². The van der Waals surface area contributed by atoms with Crippen LogP contribution in [-0.2, 0) is 4.74 Å². The zero-order valence-electron chi connectivity index (χ0n) is 10.5. The fourth-order valence-electron chi connectivity index (χ4n) is 1.67. The molecule has 0 radical (unpaired) electrons. The molecule has 1 aromatic heterocycles. The van der Waals surface area contributed by atoms with E-state index in [1.807, 2.05) is 18.2 Å². The number of aromatic nitrogens is 2. The monoisotopic (exact) mass is 342 g/mol. The Kier molecular flexibility index (Phi) is 4.27. The number of hydrogen-bond acceptors (Lipinski definition) is 3. The van der Waals surface area contributed by atoms with Crippen LogP contribution in [0.3, 0.4) is 0 Å². The van der Waals surface area contributed by atoms with Crippen LogP contribution in [0, 0.1) is 6.92 Å². The van der Waals surface area contributed by atoms with Gasteiger partial charge in [-0.2, -0.15) is 0 Å². The lowest BCUT2D eigenvalue weighted by atomic mass is 10.2. The summed E-state index contributed by atoms with van der Waals surface area (Å²) in [6, 6.07) is 5.53. The first-order chi connectivity index (χ1) is 9.04. The Labute approximate surface area is 124 Å². The number of aryl methyl sites for hydroxylation is 1. The summed E-state index contributed by atoms with van der Waals surface area (Å²) in [7, 11) is 0. The average Bonchev–Trinajstić information content (AvgIpc) is 2.75. The Bertz CT molecular complexity index is 625. The molecular weight excluding hydrogens is 332 g/mol. The van der Waals surface area contributed by atoms with Gasteiger partial charge in [-0.3, -0.25) is 0 Å². The van der Waals surface area contributed by atoms with E-state index in [4.69, 9.17) is 16.3 Å². The molecule has 6 heteroatoms. The fraction of sp³-hybridized carbons (Fsp3) is 0.231. The third-order valence-corrected chi connectivity index (χ3v) is 3.86. The van der Waals surface area contributed by atoms with Crippen molar-refractivity contribution in [2.24, 2.45) is 0 Å². The quantitative estimate of drug-likeness (QED) is 0.858. The lowest BCUT2D eigenvalue weighted by Gasteiger charge is -2.02. The minimum absolute atomic E-state index is 0.285. The molecular formula is C13H12BrClN2O2. The highest BCUT2D eigenvalue weighted by atomic mass is 79.9. The first-order valence-electron chi connectivity index (χ1n) is 5.72. The van der Waals surface area contributed by atoms with Crippen molar-refractivity contribution in [3.05, 3.63) is 39.1 Å². The van der Waals surface area contributed by atoms with Crippen molar-refractivity contribution in [1.29, 1.82) is 0 Å². The molecule has 0 unspecified atom stereocenters. The number of nitrogens with zero attached hydrogens (tertiary/aromatic N) is 1. The summed E-state index contributed by atoms with van der Waals surface area (Å²) in [6.45, 7) is 3.85. The van der Waals surface area contributed by atoms with E-state index < -0.39 is 5.97 Å². The summed E-state index contributed by atoms with van der Waals surface area (Å²) in [5.74, 6) is 0.112. The number of esters is 1. The number of aromatic amines is 1. The van der Waals surface area contributed by atoms with Crippen molar-refractivity contribution in [3.8, 4) is 11.4 Å². The second-order valence-electron chi connectivity index (χ2n) is 3.88. The second kappa shape index (κ2) is 5.75. The van der Waals surface area contributed by atoms with Crippen LogP contribution in [0.25, 0.3) is 11.4 Å². The molecule has 1 aromatic carbocycles. The van der Waals surface area contributed by atoms with Crippen LogP contribution >= 0.6 is 27.5 Å². The maximum Gasteiger partial charge on any atom is 0.358 e. The zero-order chi connectivity index (χ0) is 14.0. The largest absolute Gasteiger partial charge is 0.461 e. The standard InChI is InChI=1S/C13H12BrClN2O2/c1-3-19-13(18)11-7(2)16-12(17-11)8-5-4-6-9(14)10(8)15/h4-6H,3H2,1-2H3,(H,16,17). The molecule has 4 nitrogen and oxygen atoms in total. The van der Waals surface area contributed by atoms with Gasteiger partial charge < -0.3 is 9.72 Å². The third kappa shape index (κ3) is 2.82. The van der Waals surface area contributed by atoms with Gasteiger partial charge in [0.25, 0.3) is 0 Å². The maximum atomic E-state index is 11.7. The van der Waals surface area contributed by atoms with Crippen LogP contribution in [0.4, 0.5) is 0 Å². The van der Waals surface area contributed by atoms with Gasteiger partial charge in [-0.15, -0.1) is 0 Å². The molecule has 2 aromatic rings. The molecule has 0 amide bonds.